The van der Waals surface area contributed by atoms with Crippen molar-refractivity contribution in [3.8, 4) is 0 Å². The van der Waals surface area contributed by atoms with Gasteiger partial charge in [0.05, 0.1) is 0 Å². The van der Waals surface area contributed by atoms with E-state index in [1.807, 2.05) is 0 Å². The SMILES string of the molecule is CCCNC(=O)CCNC1c2ccccc2CCC1(C)C. The minimum atomic E-state index is 0.145. The lowest BCUT2D eigenvalue weighted by Crippen LogP contribution is -2.39. The zero-order valence-corrected chi connectivity index (χ0v) is 13.5. The molecule has 3 nitrogen and oxygen atoms in total. The second-order valence-electron chi connectivity index (χ2n) is 6.67. The molecule has 0 fully saturated rings. The van der Waals surface area contributed by atoms with Crippen LogP contribution in [0.4, 0.5) is 0 Å². The summed E-state index contributed by atoms with van der Waals surface area (Å²) in [5.74, 6) is 0.145. The van der Waals surface area contributed by atoms with Crippen molar-refractivity contribution >= 4 is 5.91 Å². The number of carbonyl (C=O) groups excluding carboxylic acids is 1. The molecule has 2 rings (SSSR count). The van der Waals surface area contributed by atoms with Gasteiger partial charge in [0, 0.05) is 25.6 Å². The van der Waals surface area contributed by atoms with Crippen LogP contribution >= 0.6 is 0 Å². The van der Waals surface area contributed by atoms with Gasteiger partial charge < -0.3 is 10.6 Å². The van der Waals surface area contributed by atoms with Crippen LogP contribution in [0.25, 0.3) is 0 Å². The summed E-state index contributed by atoms with van der Waals surface area (Å²) in [6.45, 7) is 8.21. The highest BCUT2D eigenvalue weighted by atomic mass is 16.1. The Morgan fingerprint density at radius 3 is 2.81 bits per heavy atom. The molecule has 1 aliphatic carbocycles. The topological polar surface area (TPSA) is 41.1 Å². The van der Waals surface area contributed by atoms with Gasteiger partial charge in [-0.1, -0.05) is 45.0 Å². The molecule has 1 aromatic rings. The molecule has 1 atom stereocenters. The maximum absolute atomic E-state index is 11.7. The standard InChI is InChI=1S/C18H28N2O/c1-4-12-19-16(21)10-13-20-17-15-8-6-5-7-14(15)9-11-18(17,2)3/h5-8,17,20H,4,9-13H2,1-3H3,(H,19,21). The molecule has 1 aromatic carbocycles. The Bertz CT molecular complexity index is 482. The number of rotatable bonds is 6. The molecule has 21 heavy (non-hydrogen) atoms. The molecule has 0 spiro atoms. The van der Waals surface area contributed by atoms with Gasteiger partial charge in [0.25, 0.3) is 0 Å². The predicted octanol–water partition coefficient (Wildman–Crippen LogP) is 3.21. The molecule has 0 aliphatic heterocycles. The minimum Gasteiger partial charge on any atom is -0.356 e. The fourth-order valence-electron chi connectivity index (χ4n) is 3.13. The molecule has 2 N–H and O–H groups in total. The lowest BCUT2D eigenvalue weighted by Gasteiger charge is -2.40. The van der Waals surface area contributed by atoms with Crippen LogP contribution in [0.5, 0.6) is 0 Å². The van der Waals surface area contributed by atoms with Gasteiger partial charge in [-0.25, -0.2) is 0 Å². The molecule has 1 amide bonds. The van der Waals surface area contributed by atoms with E-state index in [0.717, 1.165) is 25.9 Å². The van der Waals surface area contributed by atoms with Gasteiger partial charge >= 0.3 is 0 Å². The fraction of sp³-hybridized carbons (Fsp3) is 0.611. The summed E-state index contributed by atoms with van der Waals surface area (Å²) in [6.07, 6.45) is 3.87. The van der Waals surface area contributed by atoms with Gasteiger partial charge in [0.2, 0.25) is 5.91 Å². The van der Waals surface area contributed by atoms with Crippen molar-refractivity contribution in [3.63, 3.8) is 0 Å². The third-order valence-corrected chi connectivity index (χ3v) is 4.46. The van der Waals surface area contributed by atoms with E-state index < -0.39 is 0 Å². The number of fused-ring (bicyclic) bond motifs is 1. The summed E-state index contributed by atoms with van der Waals surface area (Å²) in [5.41, 5.74) is 3.08. The lowest BCUT2D eigenvalue weighted by atomic mass is 9.70. The Morgan fingerprint density at radius 2 is 2.05 bits per heavy atom. The third kappa shape index (κ3) is 4.07. The highest BCUT2D eigenvalue weighted by molar-refractivity contribution is 5.76. The van der Waals surface area contributed by atoms with Crippen LogP contribution in [-0.4, -0.2) is 19.0 Å². The normalized spacial score (nSPS) is 19.9. The molecule has 0 saturated heterocycles. The van der Waals surface area contributed by atoms with Crippen LogP contribution in [0.15, 0.2) is 24.3 Å². The summed E-state index contributed by atoms with van der Waals surface area (Å²) in [4.78, 5) is 11.7. The number of amides is 1. The molecule has 0 aromatic heterocycles. The molecule has 0 radical (unpaired) electrons. The Balaban J connectivity index is 1.96. The maximum Gasteiger partial charge on any atom is 0.221 e. The van der Waals surface area contributed by atoms with E-state index in [1.165, 1.54) is 17.5 Å². The van der Waals surface area contributed by atoms with E-state index in [4.69, 9.17) is 0 Å². The van der Waals surface area contributed by atoms with Gasteiger partial charge in [-0.3, -0.25) is 4.79 Å². The first-order chi connectivity index (χ1) is 10.0. The van der Waals surface area contributed by atoms with Gasteiger partial charge in [-0.2, -0.15) is 0 Å². The summed E-state index contributed by atoms with van der Waals surface area (Å²) < 4.78 is 0. The molecular weight excluding hydrogens is 260 g/mol. The largest absolute Gasteiger partial charge is 0.356 e. The van der Waals surface area contributed by atoms with Gasteiger partial charge in [-0.15, -0.1) is 0 Å². The lowest BCUT2D eigenvalue weighted by molar-refractivity contribution is -0.121. The number of nitrogens with one attached hydrogen (secondary N) is 2. The zero-order valence-electron chi connectivity index (χ0n) is 13.5. The van der Waals surface area contributed by atoms with Crippen LogP contribution in [0.1, 0.15) is 57.2 Å². The first-order valence-corrected chi connectivity index (χ1v) is 8.12. The summed E-state index contributed by atoms with van der Waals surface area (Å²) in [5, 5.41) is 6.55. The quantitative estimate of drug-likeness (QED) is 0.844. The van der Waals surface area contributed by atoms with Crippen molar-refractivity contribution in [2.75, 3.05) is 13.1 Å². The fourth-order valence-corrected chi connectivity index (χ4v) is 3.13. The predicted molar refractivity (Wildman–Crippen MR) is 87.2 cm³/mol. The molecule has 0 bridgehead atoms. The van der Waals surface area contributed by atoms with Crippen LogP contribution in [0, 0.1) is 5.41 Å². The molecule has 1 unspecified atom stereocenters. The van der Waals surface area contributed by atoms with Gasteiger partial charge in [0.15, 0.2) is 0 Å². The number of hydrogen-bond acceptors (Lipinski definition) is 2. The minimum absolute atomic E-state index is 0.145. The smallest absolute Gasteiger partial charge is 0.221 e. The third-order valence-electron chi connectivity index (χ3n) is 4.46. The summed E-state index contributed by atoms with van der Waals surface area (Å²) in [7, 11) is 0. The Labute approximate surface area is 128 Å². The molecule has 116 valence electrons. The van der Waals surface area contributed by atoms with Crippen molar-refractivity contribution in [1.82, 2.24) is 10.6 Å². The van der Waals surface area contributed by atoms with Gasteiger partial charge in [-0.05, 0) is 35.8 Å². The Kier molecular flexibility index (Phi) is 5.40. The highest BCUT2D eigenvalue weighted by Crippen LogP contribution is 2.43. The molecule has 0 heterocycles. The second kappa shape index (κ2) is 7.08. The van der Waals surface area contributed by atoms with Crippen molar-refractivity contribution in [2.45, 2.75) is 52.5 Å². The van der Waals surface area contributed by atoms with Gasteiger partial charge in [0.1, 0.15) is 0 Å². The molecule has 3 heteroatoms. The first kappa shape index (κ1) is 16.0. The summed E-state index contributed by atoms with van der Waals surface area (Å²) in [6, 6.07) is 9.02. The van der Waals surface area contributed by atoms with E-state index in [-0.39, 0.29) is 11.3 Å². The van der Waals surface area contributed by atoms with E-state index >= 15 is 0 Å². The average molecular weight is 288 g/mol. The van der Waals surface area contributed by atoms with Crippen LogP contribution in [0.2, 0.25) is 0 Å². The Morgan fingerprint density at radius 1 is 1.29 bits per heavy atom. The van der Waals surface area contributed by atoms with Crippen molar-refractivity contribution in [3.05, 3.63) is 35.4 Å². The van der Waals surface area contributed by atoms with E-state index in [2.05, 4.69) is 55.7 Å². The Hall–Kier alpha value is -1.35. The first-order valence-electron chi connectivity index (χ1n) is 8.12. The second-order valence-corrected chi connectivity index (χ2v) is 6.67. The van der Waals surface area contributed by atoms with Crippen molar-refractivity contribution < 1.29 is 4.79 Å². The monoisotopic (exact) mass is 288 g/mol. The number of aryl methyl sites for hydroxylation is 1. The van der Waals surface area contributed by atoms with Crippen LogP contribution in [0.3, 0.4) is 0 Å². The van der Waals surface area contributed by atoms with E-state index in [1.54, 1.807) is 0 Å². The van der Waals surface area contributed by atoms with Crippen LogP contribution < -0.4 is 10.6 Å². The number of hydrogen-bond donors (Lipinski definition) is 2. The number of benzene rings is 1. The molecule has 0 saturated carbocycles. The molecular formula is C18H28N2O. The highest BCUT2D eigenvalue weighted by Gasteiger charge is 2.35. The molecule has 1 aliphatic rings. The average Bonchev–Trinajstić information content (AvgIpc) is 2.47. The maximum atomic E-state index is 11.7. The van der Waals surface area contributed by atoms with Crippen LogP contribution in [-0.2, 0) is 11.2 Å². The van der Waals surface area contributed by atoms with E-state index in [9.17, 15) is 4.79 Å². The zero-order chi connectivity index (χ0) is 15.3. The number of carbonyl (C=O) groups is 1. The van der Waals surface area contributed by atoms with Crippen molar-refractivity contribution in [2.24, 2.45) is 5.41 Å². The summed E-state index contributed by atoms with van der Waals surface area (Å²) >= 11 is 0. The van der Waals surface area contributed by atoms with E-state index in [0.29, 0.717) is 12.5 Å². The van der Waals surface area contributed by atoms with Crippen molar-refractivity contribution in [1.29, 1.82) is 0 Å².